The normalized spacial score (nSPS) is 25.9. The van der Waals surface area contributed by atoms with Gasteiger partial charge in [0.2, 0.25) is 0 Å². The Hall–Kier alpha value is -1.29. The molecule has 2 rings (SSSR count). The van der Waals surface area contributed by atoms with Crippen LogP contribution in [0.2, 0.25) is 0 Å². The minimum atomic E-state index is -0.586. The number of anilines is 2. The Morgan fingerprint density at radius 2 is 2.27 bits per heavy atom. The van der Waals surface area contributed by atoms with Crippen molar-refractivity contribution >= 4 is 11.5 Å². The third-order valence-electron chi connectivity index (χ3n) is 2.89. The fourth-order valence-corrected chi connectivity index (χ4v) is 1.88. The topological polar surface area (TPSA) is 62.4 Å². The Balaban J connectivity index is 2.21. The van der Waals surface area contributed by atoms with Gasteiger partial charge in [-0.1, -0.05) is 0 Å². The second-order valence-electron chi connectivity index (χ2n) is 4.51. The zero-order chi connectivity index (χ0) is 11.1. The fourth-order valence-electron chi connectivity index (χ4n) is 1.88. The van der Waals surface area contributed by atoms with Gasteiger partial charge in [0.05, 0.1) is 17.0 Å². The molecule has 0 amide bonds. The van der Waals surface area contributed by atoms with E-state index in [0.717, 1.165) is 24.5 Å². The van der Waals surface area contributed by atoms with Crippen molar-refractivity contribution in [1.29, 1.82) is 0 Å². The number of nitrogens with two attached hydrogens (primary N) is 1. The van der Waals surface area contributed by atoms with Crippen LogP contribution in [0.4, 0.5) is 11.5 Å². The van der Waals surface area contributed by atoms with Crippen LogP contribution in [0.25, 0.3) is 0 Å². The molecule has 1 aromatic rings. The van der Waals surface area contributed by atoms with Crippen molar-refractivity contribution < 1.29 is 5.11 Å². The molecule has 1 fully saturated rings. The third-order valence-corrected chi connectivity index (χ3v) is 2.89. The summed E-state index contributed by atoms with van der Waals surface area (Å²) in [6.45, 7) is 5.25. The lowest BCUT2D eigenvalue weighted by Crippen LogP contribution is -2.30. The molecule has 0 saturated carbocycles. The molecule has 0 aliphatic carbocycles. The highest BCUT2D eigenvalue weighted by molar-refractivity contribution is 5.51. The van der Waals surface area contributed by atoms with Crippen molar-refractivity contribution in [2.45, 2.75) is 25.9 Å². The summed E-state index contributed by atoms with van der Waals surface area (Å²) < 4.78 is 0. The highest BCUT2D eigenvalue weighted by Gasteiger charge is 2.31. The molecule has 1 unspecified atom stereocenters. The summed E-state index contributed by atoms with van der Waals surface area (Å²) in [7, 11) is 0. The number of aliphatic hydroxyl groups is 1. The molecular formula is C11H17N3O. The van der Waals surface area contributed by atoms with Gasteiger partial charge in [0.1, 0.15) is 5.82 Å². The van der Waals surface area contributed by atoms with Gasteiger partial charge in [0, 0.05) is 13.1 Å². The molecule has 82 valence electrons. The van der Waals surface area contributed by atoms with Gasteiger partial charge in [-0.25, -0.2) is 4.98 Å². The zero-order valence-electron chi connectivity index (χ0n) is 9.20. The zero-order valence-corrected chi connectivity index (χ0v) is 9.20. The summed E-state index contributed by atoms with van der Waals surface area (Å²) in [4.78, 5) is 6.50. The van der Waals surface area contributed by atoms with Crippen molar-refractivity contribution in [2.24, 2.45) is 0 Å². The molecule has 1 aliphatic rings. The average molecular weight is 207 g/mol. The SMILES string of the molecule is Cc1nc(N2CCC(C)(O)C2)ccc1N. The lowest BCUT2D eigenvalue weighted by atomic mass is 10.1. The number of pyridine rings is 1. The van der Waals surface area contributed by atoms with Gasteiger partial charge in [-0.15, -0.1) is 0 Å². The van der Waals surface area contributed by atoms with Crippen LogP contribution in [0.3, 0.4) is 0 Å². The van der Waals surface area contributed by atoms with Gasteiger partial charge in [0.25, 0.3) is 0 Å². The summed E-state index contributed by atoms with van der Waals surface area (Å²) in [5.41, 5.74) is 6.68. The predicted molar refractivity (Wildman–Crippen MR) is 60.8 cm³/mol. The molecule has 4 nitrogen and oxygen atoms in total. The molecule has 0 radical (unpaired) electrons. The molecule has 4 heteroatoms. The van der Waals surface area contributed by atoms with Crippen LogP contribution in [-0.2, 0) is 0 Å². The minimum Gasteiger partial charge on any atom is -0.397 e. The molecule has 3 N–H and O–H groups in total. The largest absolute Gasteiger partial charge is 0.397 e. The summed E-state index contributed by atoms with van der Waals surface area (Å²) in [6, 6.07) is 3.77. The first-order valence-corrected chi connectivity index (χ1v) is 5.18. The van der Waals surface area contributed by atoms with E-state index in [-0.39, 0.29) is 0 Å². The van der Waals surface area contributed by atoms with Crippen LogP contribution in [0.1, 0.15) is 19.0 Å². The van der Waals surface area contributed by atoms with Crippen LogP contribution in [0.5, 0.6) is 0 Å². The van der Waals surface area contributed by atoms with Crippen LogP contribution in [0.15, 0.2) is 12.1 Å². The van der Waals surface area contributed by atoms with Crippen LogP contribution >= 0.6 is 0 Å². The highest BCUT2D eigenvalue weighted by atomic mass is 16.3. The lowest BCUT2D eigenvalue weighted by molar-refractivity contribution is 0.0839. The number of hydrogen-bond donors (Lipinski definition) is 2. The van der Waals surface area contributed by atoms with Gasteiger partial charge in [-0.3, -0.25) is 0 Å². The summed E-state index contributed by atoms with van der Waals surface area (Å²) in [5.74, 6) is 0.902. The molecule has 2 heterocycles. The Labute approximate surface area is 89.7 Å². The van der Waals surface area contributed by atoms with E-state index in [9.17, 15) is 5.11 Å². The average Bonchev–Trinajstić information content (AvgIpc) is 2.51. The number of nitrogens with zero attached hydrogens (tertiary/aromatic N) is 2. The standard InChI is InChI=1S/C11H17N3O/c1-8-9(12)3-4-10(13-8)14-6-5-11(2,15)7-14/h3-4,15H,5-7,12H2,1-2H3. The molecule has 0 bridgehead atoms. The maximum Gasteiger partial charge on any atom is 0.129 e. The van der Waals surface area contributed by atoms with Crippen molar-refractivity contribution in [2.75, 3.05) is 23.7 Å². The second-order valence-corrected chi connectivity index (χ2v) is 4.51. The van der Waals surface area contributed by atoms with Gasteiger partial charge >= 0.3 is 0 Å². The van der Waals surface area contributed by atoms with Crippen LogP contribution < -0.4 is 10.6 Å². The Morgan fingerprint density at radius 1 is 1.53 bits per heavy atom. The Kier molecular flexibility index (Phi) is 2.31. The monoisotopic (exact) mass is 207 g/mol. The quantitative estimate of drug-likeness (QED) is 0.719. The van der Waals surface area contributed by atoms with Crippen LogP contribution in [0, 0.1) is 6.92 Å². The Bertz CT molecular complexity index is 376. The highest BCUT2D eigenvalue weighted by Crippen LogP contribution is 2.25. The van der Waals surface area contributed by atoms with Crippen molar-refractivity contribution in [3.05, 3.63) is 17.8 Å². The summed E-state index contributed by atoms with van der Waals surface area (Å²) >= 11 is 0. The summed E-state index contributed by atoms with van der Waals surface area (Å²) in [5, 5.41) is 9.86. The van der Waals surface area contributed by atoms with Gasteiger partial charge < -0.3 is 15.7 Å². The lowest BCUT2D eigenvalue weighted by Gasteiger charge is -2.20. The maximum atomic E-state index is 9.86. The molecular weight excluding hydrogens is 190 g/mol. The first-order valence-electron chi connectivity index (χ1n) is 5.18. The molecule has 0 spiro atoms. The van der Waals surface area contributed by atoms with Crippen LogP contribution in [-0.4, -0.2) is 28.8 Å². The fraction of sp³-hybridized carbons (Fsp3) is 0.545. The molecule has 1 atom stereocenters. The number of rotatable bonds is 1. The van der Waals surface area contributed by atoms with E-state index in [4.69, 9.17) is 5.73 Å². The number of aromatic nitrogens is 1. The molecule has 1 aromatic heterocycles. The summed E-state index contributed by atoms with van der Waals surface area (Å²) in [6.07, 6.45) is 0.790. The minimum absolute atomic E-state index is 0.586. The van der Waals surface area contributed by atoms with Gasteiger partial charge in [-0.05, 0) is 32.4 Å². The van der Waals surface area contributed by atoms with E-state index in [1.54, 1.807) is 0 Å². The maximum absolute atomic E-state index is 9.86. The van der Waals surface area contributed by atoms with E-state index in [2.05, 4.69) is 9.88 Å². The van der Waals surface area contributed by atoms with Crippen molar-refractivity contribution in [3.8, 4) is 0 Å². The first kappa shape index (κ1) is 10.2. The number of β-amino-alcohol motifs (C(OH)–C–C–N with tert-alkyl or cyclic N) is 1. The second kappa shape index (κ2) is 3.38. The molecule has 15 heavy (non-hydrogen) atoms. The van der Waals surface area contributed by atoms with Gasteiger partial charge in [-0.2, -0.15) is 0 Å². The van der Waals surface area contributed by atoms with Gasteiger partial charge in [0.15, 0.2) is 0 Å². The van der Waals surface area contributed by atoms with Crippen molar-refractivity contribution in [3.63, 3.8) is 0 Å². The van der Waals surface area contributed by atoms with E-state index in [1.165, 1.54) is 0 Å². The Morgan fingerprint density at radius 3 is 2.80 bits per heavy atom. The van der Waals surface area contributed by atoms with E-state index in [0.29, 0.717) is 12.2 Å². The molecule has 1 aliphatic heterocycles. The van der Waals surface area contributed by atoms with E-state index in [1.807, 2.05) is 26.0 Å². The van der Waals surface area contributed by atoms with E-state index >= 15 is 0 Å². The third kappa shape index (κ3) is 2.04. The number of aryl methyl sites for hydroxylation is 1. The molecule has 1 saturated heterocycles. The number of hydrogen-bond acceptors (Lipinski definition) is 4. The van der Waals surface area contributed by atoms with E-state index < -0.39 is 5.60 Å². The smallest absolute Gasteiger partial charge is 0.129 e. The van der Waals surface area contributed by atoms with Crippen molar-refractivity contribution in [1.82, 2.24) is 4.98 Å². The predicted octanol–water partition coefficient (Wildman–Crippen LogP) is 0.933. The molecule has 0 aromatic carbocycles. The first-order chi connectivity index (χ1) is 6.98. The number of nitrogen functional groups attached to an aromatic ring is 1.